The van der Waals surface area contributed by atoms with Gasteiger partial charge in [-0.25, -0.2) is 0 Å². The highest BCUT2D eigenvalue weighted by Gasteiger charge is 2.23. The van der Waals surface area contributed by atoms with E-state index in [1.165, 1.54) is 19.3 Å². The van der Waals surface area contributed by atoms with Crippen LogP contribution in [0.1, 0.15) is 51.9 Å². The molecule has 0 heterocycles. The van der Waals surface area contributed by atoms with Crippen LogP contribution in [-0.4, -0.2) is 10.1 Å². The zero-order valence-electron chi connectivity index (χ0n) is 8.80. The fourth-order valence-electron chi connectivity index (χ4n) is 1.85. The monoisotopic (exact) mass is 310 g/mol. The quantitative estimate of drug-likeness (QED) is 0.450. The van der Waals surface area contributed by atoms with E-state index in [2.05, 4.69) is 29.5 Å². The molecule has 1 aliphatic rings. The van der Waals surface area contributed by atoms with Gasteiger partial charge in [0.1, 0.15) is 0 Å². The highest BCUT2D eigenvalue weighted by atomic mass is 127. The number of carbonyl (C=O) groups is 1. The maximum atomic E-state index is 11.7. The maximum absolute atomic E-state index is 11.7. The van der Waals surface area contributed by atoms with Crippen LogP contribution in [0.3, 0.4) is 0 Å². The fourth-order valence-corrected chi connectivity index (χ4v) is 2.72. The predicted octanol–water partition coefficient (Wildman–Crippen LogP) is 3.67. The van der Waals surface area contributed by atoms with Gasteiger partial charge in [0.15, 0.2) is 4.11 Å². The molecule has 1 unspecified atom stereocenters. The van der Waals surface area contributed by atoms with Gasteiger partial charge < -0.3 is 4.74 Å². The van der Waals surface area contributed by atoms with Crippen molar-refractivity contribution < 1.29 is 9.53 Å². The Morgan fingerprint density at radius 2 is 2.07 bits per heavy atom. The average Bonchev–Trinajstić information content (AvgIpc) is 2.19. The Morgan fingerprint density at radius 3 is 2.64 bits per heavy atom. The fraction of sp³-hybridized carbons (Fsp3) is 0.909. The lowest BCUT2D eigenvalue weighted by Crippen LogP contribution is -2.23. The predicted molar refractivity (Wildman–Crippen MR) is 65.4 cm³/mol. The zero-order chi connectivity index (χ0) is 10.4. The van der Waals surface area contributed by atoms with E-state index in [0.717, 1.165) is 25.7 Å². The zero-order valence-corrected chi connectivity index (χ0v) is 11.0. The van der Waals surface area contributed by atoms with E-state index >= 15 is 0 Å². The second-order valence-corrected chi connectivity index (χ2v) is 5.36. The van der Waals surface area contributed by atoms with E-state index in [-0.39, 0.29) is 16.0 Å². The Bertz CT molecular complexity index is 176. The van der Waals surface area contributed by atoms with Crippen molar-refractivity contribution in [3.05, 3.63) is 0 Å². The van der Waals surface area contributed by atoms with Gasteiger partial charge in [0.05, 0.1) is 5.92 Å². The van der Waals surface area contributed by atoms with Crippen LogP contribution in [0.5, 0.6) is 0 Å². The highest BCUT2D eigenvalue weighted by molar-refractivity contribution is 14.1. The van der Waals surface area contributed by atoms with Crippen molar-refractivity contribution in [1.29, 1.82) is 0 Å². The van der Waals surface area contributed by atoms with Gasteiger partial charge in [0, 0.05) is 0 Å². The van der Waals surface area contributed by atoms with Crippen LogP contribution in [0.25, 0.3) is 0 Å². The molecule has 1 fully saturated rings. The molecule has 0 aromatic carbocycles. The summed E-state index contributed by atoms with van der Waals surface area (Å²) in [6.07, 6.45) is 7.79. The lowest BCUT2D eigenvalue weighted by Gasteiger charge is -2.21. The van der Waals surface area contributed by atoms with Gasteiger partial charge in [-0.15, -0.1) is 0 Å². The lowest BCUT2D eigenvalue weighted by molar-refractivity contribution is -0.150. The Balaban J connectivity index is 2.25. The van der Waals surface area contributed by atoms with Crippen molar-refractivity contribution in [2.75, 3.05) is 0 Å². The number of halogens is 1. The molecule has 0 amide bonds. The van der Waals surface area contributed by atoms with Crippen molar-refractivity contribution in [3.8, 4) is 0 Å². The summed E-state index contributed by atoms with van der Waals surface area (Å²) < 4.78 is 5.45. The average molecular weight is 310 g/mol. The van der Waals surface area contributed by atoms with E-state index in [9.17, 15) is 4.79 Å². The minimum Gasteiger partial charge on any atom is -0.451 e. The molecule has 1 aliphatic carbocycles. The van der Waals surface area contributed by atoms with Crippen molar-refractivity contribution in [2.24, 2.45) is 5.92 Å². The molecule has 82 valence electrons. The van der Waals surface area contributed by atoms with Crippen molar-refractivity contribution in [1.82, 2.24) is 0 Å². The van der Waals surface area contributed by atoms with E-state index in [1.54, 1.807) is 0 Å². The molecule has 0 saturated heterocycles. The first-order valence-corrected chi connectivity index (χ1v) is 6.83. The van der Waals surface area contributed by atoms with Crippen LogP contribution >= 0.6 is 22.6 Å². The first-order valence-electron chi connectivity index (χ1n) is 5.58. The molecule has 0 aromatic heterocycles. The largest absolute Gasteiger partial charge is 0.451 e. The van der Waals surface area contributed by atoms with E-state index in [0.29, 0.717) is 0 Å². The molecule has 3 heteroatoms. The summed E-state index contributed by atoms with van der Waals surface area (Å²) in [6.45, 7) is 2.11. The minimum atomic E-state index is 0.0394. The van der Waals surface area contributed by atoms with Gasteiger partial charge >= 0.3 is 5.97 Å². The van der Waals surface area contributed by atoms with Crippen molar-refractivity contribution in [3.63, 3.8) is 0 Å². The molecule has 2 nitrogen and oxygen atoms in total. The van der Waals surface area contributed by atoms with Gasteiger partial charge in [0.2, 0.25) is 0 Å². The Labute approximate surface area is 99.9 Å². The molecule has 0 spiro atoms. The Kier molecular flexibility index (Phi) is 5.82. The van der Waals surface area contributed by atoms with E-state index in [4.69, 9.17) is 4.74 Å². The van der Waals surface area contributed by atoms with Crippen LogP contribution in [0, 0.1) is 5.92 Å². The molecule has 0 N–H and O–H groups in total. The normalized spacial score (nSPS) is 20.4. The first-order chi connectivity index (χ1) is 6.74. The second-order valence-electron chi connectivity index (χ2n) is 3.97. The minimum absolute atomic E-state index is 0.0394. The third-order valence-electron chi connectivity index (χ3n) is 2.70. The SMILES string of the molecule is CCCC(I)OC(=O)C1CCCCC1. The van der Waals surface area contributed by atoms with Gasteiger partial charge in [-0.05, 0) is 41.9 Å². The molecule has 0 aliphatic heterocycles. The van der Waals surface area contributed by atoms with Crippen LogP contribution in [0.2, 0.25) is 0 Å². The van der Waals surface area contributed by atoms with Gasteiger partial charge in [-0.2, -0.15) is 0 Å². The number of alkyl halides is 1. The number of esters is 1. The number of ether oxygens (including phenoxy) is 1. The van der Waals surface area contributed by atoms with Crippen molar-refractivity contribution >= 4 is 28.6 Å². The van der Waals surface area contributed by atoms with Crippen molar-refractivity contribution in [2.45, 2.75) is 56.0 Å². The molecule has 1 rings (SSSR count). The lowest BCUT2D eigenvalue weighted by atomic mass is 9.89. The number of carbonyl (C=O) groups excluding carboxylic acids is 1. The number of rotatable bonds is 4. The third-order valence-corrected chi connectivity index (χ3v) is 3.58. The van der Waals surface area contributed by atoms with Crippen LogP contribution in [-0.2, 0) is 9.53 Å². The Morgan fingerprint density at radius 1 is 1.43 bits per heavy atom. The summed E-state index contributed by atoms with van der Waals surface area (Å²) >= 11 is 2.21. The molecular formula is C11H19IO2. The highest BCUT2D eigenvalue weighted by Crippen LogP contribution is 2.26. The number of hydrogen-bond acceptors (Lipinski definition) is 2. The molecule has 1 saturated carbocycles. The standard InChI is InChI=1S/C11H19IO2/c1-2-6-10(12)14-11(13)9-7-4-3-5-8-9/h9-10H,2-8H2,1H3. The summed E-state index contributed by atoms with van der Waals surface area (Å²) in [4.78, 5) is 11.7. The number of hydrogen-bond donors (Lipinski definition) is 0. The molecule has 0 radical (unpaired) electrons. The summed E-state index contributed by atoms with van der Waals surface area (Å²) in [5.74, 6) is 0.232. The van der Waals surface area contributed by atoms with Crippen LogP contribution in [0.4, 0.5) is 0 Å². The van der Waals surface area contributed by atoms with Crippen LogP contribution < -0.4 is 0 Å². The Hall–Kier alpha value is 0.200. The topological polar surface area (TPSA) is 26.3 Å². The van der Waals surface area contributed by atoms with Gasteiger partial charge in [-0.1, -0.05) is 32.6 Å². The molecule has 0 bridgehead atoms. The molecule has 1 atom stereocenters. The second kappa shape index (κ2) is 6.64. The summed E-state index contributed by atoms with van der Waals surface area (Å²) in [5.41, 5.74) is 0. The van der Waals surface area contributed by atoms with Crippen LogP contribution in [0.15, 0.2) is 0 Å². The molecule has 0 aromatic rings. The third kappa shape index (κ3) is 4.15. The maximum Gasteiger partial charge on any atom is 0.309 e. The van der Waals surface area contributed by atoms with Gasteiger partial charge in [-0.3, -0.25) is 4.79 Å². The van der Waals surface area contributed by atoms with Gasteiger partial charge in [0.25, 0.3) is 0 Å². The first kappa shape index (κ1) is 12.3. The molecular weight excluding hydrogens is 291 g/mol. The summed E-state index contributed by atoms with van der Waals surface area (Å²) in [7, 11) is 0. The van der Waals surface area contributed by atoms with E-state index in [1.807, 2.05) is 0 Å². The summed E-state index contributed by atoms with van der Waals surface area (Å²) in [5, 5.41) is 0. The summed E-state index contributed by atoms with van der Waals surface area (Å²) in [6, 6.07) is 0. The smallest absolute Gasteiger partial charge is 0.309 e. The molecule has 14 heavy (non-hydrogen) atoms. The van der Waals surface area contributed by atoms with E-state index < -0.39 is 0 Å².